The molecule has 14 heavy (non-hydrogen) atoms. The Labute approximate surface area is 86.3 Å². The van der Waals surface area contributed by atoms with E-state index in [1.807, 2.05) is 0 Å². The van der Waals surface area contributed by atoms with Crippen LogP contribution < -0.4 is 5.32 Å². The highest BCUT2D eigenvalue weighted by Crippen LogP contribution is 2.34. The summed E-state index contributed by atoms with van der Waals surface area (Å²) in [6.45, 7) is 6.68. The van der Waals surface area contributed by atoms with Crippen LogP contribution >= 0.6 is 0 Å². The van der Waals surface area contributed by atoms with Crippen LogP contribution in [0.5, 0.6) is 0 Å². The Morgan fingerprint density at radius 2 is 2.29 bits per heavy atom. The van der Waals surface area contributed by atoms with Gasteiger partial charge in [0.1, 0.15) is 0 Å². The van der Waals surface area contributed by atoms with Crippen LogP contribution in [-0.2, 0) is 13.1 Å². The van der Waals surface area contributed by atoms with Crippen LogP contribution in [-0.4, -0.2) is 10.1 Å². The monoisotopic (exact) mass is 192 g/mol. The van der Waals surface area contributed by atoms with Gasteiger partial charge in [-0.3, -0.25) is 0 Å². The smallest absolute Gasteiger partial charge is 0.0364 e. The van der Waals surface area contributed by atoms with Crippen molar-refractivity contribution in [2.75, 3.05) is 0 Å². The second-order valence-corrected chi connectivity index (χ2v) is 4.61. The molecular formula is C12H20N2. The summed E-state index contributed by atoms with van der Waals surface area (Å²) in [6.07, 6.45) is 6.05. The quantitative estimate of drug-likeness (QED) is 0.758. The van der Waals surface area contributed by atoms with Crippen molar-refractivity contribution in [1.29, 1.82) is 0 Å². The summed E-state index contributed by atoms with van der Waals surface area (Å²) in [7, 11) is 0. The molecule has 0 aromatic carbocycles. The summed E-state index contributed by atoms with van der Waals surface area (Å²) >= 11 is 0. The highest BCUT2D eigenvalue weighted by molar-refractivity contribution is 5.09. The summed E-state index contributed by atoms with van der Waals surface area (Å²) in [4.78, 5) is 0. The van der Waals surface area contributed by atoms with Gasteiger partial charge < -0.3 is 9.88 Å². The van der Waals surface area contributed by atoms with Crippen LogP contribution in [0.4, 0.5) is 0 Å². The SMILES string of the molecule is CCCn1cccc1CNC1(C)CC1. The zero-order valence-corrected chi connectivity index (χ0v) is 9.21. The molecule has 0 spiro atoms. The number of rotatable bonds is 5. The van der Waals surface area contributed by atoms with Gasteiger partial charge >= 0.3 is 0 Å². The Balaban J connectivity index is 1.91. The van der Waals surface area contributed by atoms with E-state index in [-0.39, 0.29) is 0 Å². The van der Waals surface area contributed by atoms with Gasteiger partial charge in [0.25, 0.3) is 0 Å². The minimum atomic E-state index is 0.446. The molecule has 1 aromatic rings. The van der Waals surface area contributed by atoms with Crippen molar-refractivity contribution < 1.29 is 0 Å². The number of nitrogens with zero attached hydrogens (tertiary/aromatic N) is 1. The fourth-order valence-corrected chi connectivity index (χ4v) is 1.74. The molecule has 0 radical (unpaired) electrons. The Hall–Kier alpha value is -0.760. The van der Waals surface area contributed by atoms with Crippen LogP contribution in [0.15, 0.2) is 18.3 Å². The summed E-state index contributed by atoms with van der Waals surface area (Å²) in [6, 6.07) is 4.36. The molecule has 1 heterocycles. The van der Waals surface area contributed by atoms with Crippen LogP contribution in [0.25, 0.3) is 0 Å². The van der Waals surface area contributed by atoms with Gasteiger partial charge in [0.2, 0.25) is 0 Å². The maximum atomic E-state index is 3.61. The fourth-order valence-electron chi connectivity index (χ4n) is 1.74. The molecule has 1 aliphatic rings. The average molecular weight is 192 g/mol. The fraction of sp³-hybridized carbons (Fsp3) is 0.667. The first kappa shape index (κ1) is 9.78. The average Bonchev–Trinajstić information content (AvgIpc) is 2.75. The Kier molecular flexibility index (Phi) is 2.64. The molecule has 1 saturated carbocycles. The Morgan fingerprint density at radius 3 is 2.93 bits per heavy atom. The number of hydrogen-bond acceptors (Lipinski definition) is 1. The Morgan fingerprint density at radius 1 is 1.50 bits per heavy atom. The highest BCUT2D eigenvalue weighted by Gasteiger charge is 2.36. The zero-order chi connectivity index (χ0) is 10.0. The molecule has 0 amide bonds. The predicted molar refractivity (Wildman–Crippen MR) is 59.2 cm³/mol. The molecule has 0 saturated heterocycles. The van der Waals surface area contributed by atoms with Gasteiger partial charge in [0.15, 0.2) is 0 Å². The number of hydrogen-bond donors (Lipinski definition) is 1. The van der Waals surface area contributed by atoms with Gasteiger partial charge in [-0.05, 0) is 38.3 Å². The lowest BCUT2D eigenvalue weighted by atomic mass is 10.3. The van der Waals surface area contributed by atoms with E-state index in [9.17, 15) is 0 Å². The van der Waals surface area contributed by atoms with Crippen molar-refractivity contribution >= 4 is 0 Å². The standard InChI is InChI=1S/C12H20N2/c1-3-8-14-9-4-5-11(14)10-13-12(2)6-7-12/h4-5,9,13H,3,6-8,10H2,1-2H3. The van der Waals surface area contributed by atoms with Crippen molar-refractivity contribution in [1.82, 2.24) is 9.88 Å². The maximum absolute atomic E-state index is 3.61. The van der Waals surface area contributed by atoms with E-state index in [4.69, 9.17) is 0 Å². The number of nitrogens with one attached hydrogen (secondary N) is 1. The first-order chi connectivity index (χ1) is 6.73. The second kappa shape index (κ2) is 3.77. The van der Waals surface area contributed by atoms with Crippen LogP contribution in [0, 0.1) is 0 Å². The van der Waals surface area contributed by atoms with E-state index >= 15 is 0 Å². The van der Waals surface area contributed by atoms with Crippen molar-refractivity contribution in [3.8, 4) is 0 Å². The van der Waals surface area contributed by atoms with Crippen LogP contribution in [0.3, 0.4) is 0 Å². The molecular weight excluding hydrogens is 172 g/mol. The van der Waals surface area contributed by atoms with Gasteiger partial charge in [0, 0.05) is 30.5 Å². The number of aryl methyl sites for hydroxylation is 1. The lowest BCUT2D eigenvalue weighted by Gasteiger charge is -2.13. The summed E-state index contributed by atoms with van der Waals surface area (Å²) in [5.74, 6) is 0. The first-order valence-corrected chi connectivity index (χ1v) is 5.62. The molecule has 1 fully saturated rings. The topological polar surface area (TPSA) is 17.0 Å². The third-order valence-corrected chi connectivity index (χ3v) is 3.08. The van der Waals surface area contributed by atoms with Gasteiger partial charge in [-0.2, -0.15) is 0 Å². The first-order valence-electron chi connectivity index (χ1n) is 5.62. The third-order valence-electron chi connectivity index (χ3n) is 3.08. The molecule has 0 bridgehead atoms. The van der Waals surface area contributed by atoms with Gasteiger partial charge in [-0.1, -0.05) is 6.92 Å². The highest BCUT2D eigenvalue weighted by atomic mass is 15.1. The lowest BCUT2D eigenvalue weighted by Crippen LogP contribution is -2.28. The van der Waals surface area contributed by atoms with E-state index in [1.54, 1.807) is 0 Å². The Bertz CT molecular complexity index is 297. The summed E-state index contributed by atoms with van der Waals surface area (Å²) in [5.41, 5.74) is 1.86. The normalized spacial score (nSPS) is 18.4. The van der Waals surface area contributed by atoms with Crippen LogP contribution in [0.2, 0.25) is 0 Å². The molecule has 0 atom stereocenters. The minimum Gasteiger partial charge on any atom is -0.350 e. The van der Waals surface area contributed by atoms with E-state index in [2.05, 4.69) is 42.1 Å². The number of aromatic nitrogens is 1. The molecule has 78 valence electrons. The zero-order valence-electron chi connectivity index (χ0n) is 9.21. The van der Waals surface area contributed by atoms with Crippen molar-refractivity contribution in [3.63, 3.8) is 0 Å². The van der Waals surface area contributed by atoms with Gasteiger partial charge in [-0.25, -0.2) is 0 Å². The molecule has 2 heteroatoms. The lowest BCUT2D eigenvalue weighted by molar-refractivity contribution is 0.514. The maximum Gasteiger partial charge on any atom is 0.0364 e. The van der Waals surface area contributed by atoms with Gasteiger partial charge in [0.05, 0.1) is 0 Å². The second-order valence-electron chi connectivity index (χ2n) is 4.61. The molecule has 1 aliphatic carbocycles. The summed E-state index contributed by atoms with van der Waals surface area (Å²) < 4.78 is 2.35. The van der Waals surface area contributed by atoms with E-state index in [0.717, 1.165) is 13.1 Å². The van der Waals surface area contributed by atoms with E-state index < -0.39 is 0 Å². The van der Waals surface area contributed by atoms with Crippen molar-refractivity contribution in [3.05, 3.63) is 24.0 Å². The van der Waals surface area contributed by atoms with Crippen LogP contribution in [0.1, 0.15) is 38.8 Å². The van der Waals surface area contributed by atoms with Crippen molar-refractivity contribution in [2.45, 2.75) is 51.7 Å². The predicted octanol–water partition coefficient (Wildman–Crippen LogP) is 2.54. The molecule has 2 rings (SSSR count). The molecule has 2 nitrogen and oxygen atoms in total. The largest absolute Gasteiger partial charge is 0.350 e. The minimum absolute atomic E-state index is 0.446. The molecule has 0 unspecified atom stereocenters. The van der Waals surface area contributed by atoms with E-state index in [1.165, 1.54) is 25.0 Å². The van der Waals surface area contributed by atoms with Gasteiger partial charge in [-0.15, -0.1) is 0 Å². The molecule has 1 N–H and O–H groups in total. The molecule has 1 aromatic heterocycles. The van der Waals surface area contributed by atoms with Crippen molar-refractivity contribution in [2.24, 2.45) is 0 Å². The van der Waals surface area contributed by atoms with E-state index in [0.29, 0.717) is 5.54 Å². The summed E-state index contributed by atoms with van der Waals surface area (Å²) in [5, 5.41) is 3.61. The third kappa shape index (κ3) is 2.18. The molecule has 0 aliphatic heterocycles.